The van der Waals surface area contributed by atoms with Crippen molar-refractivity contribution in [1.82, 2.24) is 4.72 Å². The predicted molar refractivity (Wildman–Crippen MR) is 83.6 cm³/mol. The lowest BCUT2D eigenvalue weighted by atomic mass is 10.1. The molecule has 0 amide bonds. The fourth-order valence-electron chi connectivity index (χ4n) is 1.87. The molecule has 0 fully saturated rings. The zero-order valence-electron chi connectivity index (χ0n) is 12.2. The Morgan fingerprint density at radius 1 is 1.09 bits per heavy atom. The number of ketones is 1. The van der Waals surface area contributed by atoms with Crippen LogP contribution in [-0.4, -0.2) is 27.4 Å². The lowest BCUT2D eigenvalue weighted by molar-refractivity contribution is 0.0996. The second-order valence-corrected chi connectivity index (χ2v) is 6.29. The molecule has 2 aromatic rings. The maximum Gasteiger partial charge on any atom is 0.240 e. The van der Waals surface area contributed by atoms with E-state index < -0.39 is 10.0 Å². The molecule has 0 radical (unpaired) electrons. The molecule has 1 N–H and O–H groups in total. The molecule has 116 valence electrons. The van der Waals surface area contributed by atoms with E-state index in [4.69, 9.17) is 4.74 Å². The van der Waals surface area contributed by atoms with Crippen LogP contribution in [0.4, 0.5) is 0 Å². The van der Waals surface area contributed by atoms with Crippen LogP contribution >= 0.6 is 0 Å². The molecule has 0 heterocycles. The number of hydrogen-bond donors (Lipinski definition) is 1. The second kappa shape index (κ2) is 7.20. The summed E-state index contributed by atoms with van der Waals surface area (Å²) in [5, 5.41) is 0. The van der Waals surface area contributed by atoms with Gasteiger partial charge in [0.05, 0.1) is 18.0 Å². The van der Waals surface area contributed by atoms with Gasteiger partial charge in [-0.2, -0.15) is 0 Å². The molecular formula is C16H17NO4S. The van der Waals surface area contributed by atoms with Gasteiger partial charge in [-0.3, -0.25) is 4.79 Å². The number of nitrogens with one attached hydrogen (secondary N) is 1. The zero-order chi connectivity index (χ0) is 16.0. The fourth-order valence-corrected chi connectivity index (χ4v) is 2.87. The summed E-state index contributed by atoms with van der Waals surface area (Å²) in [5.41, 5.74) is 0.404. The van der Waals surface area contributed by atoms with E-state index in [0.717, 1.165) is 0 Å². The van der Waals surface area contributed by atoms with Crippen LogP contribution in [0.5, 0.6) is 5.75 Å². The highest BCUT2D eigenvalue weighted by Crippen LogP contribution is 2.14. The number of Topliss-reactive ketones (excluding diaryl/α,β-unsaturated/α-hetero) is 1. The molecule has 0 unspecified atom stereocenters. The van der Waals surface area contributed by atoms with Crippen LogP contribution < -0.4 is 9.46 Å². The van der Waals surface area contributed by atoms with Crippen molar-refractivity contribution in [2.45, 2.75) is 11.8 Å². The molecule has 22 heavy (non-hydrogen) atoms. The number of hydrogen-bond acceptors (Lipinski definition) is 4. The van der Waals surface area contributed by atoms with Gasteiger partial charge in [-0.05, 0) is 31.2 Å². The monoisotopic (exact) mass is 319 g/mol. The molecule has 0 aliphatic heterocycles. The van der Waals surface area contributed by atoms with Crippen LogP contribution in [0.25, 0.3) is 0 Å². The average molecular weight is 319 g/mol. The van der Waals surface area contributed by atoms with Crippen LogP contribution in [-0.2, 0) is 10.0 Å². The Bertz CT molecular complexity index is 742. The molecule has 0 aliphatic rings. The third-order valence-corrected chi connectivity index (χ3v) is 4.36. The number of rotatable bonds is 7. The Balaban J connectivity index is 2.05. The highest BCUT2D eigenvalue weighted by Gasteiger charge is 2.16. The van der Waals surface area contributed by atoms with E-state index in [1.165, 1.54) is 12.1 Å². The number of sulfonamides is 1. The van der Waals surface area contributed by atoms with E-state index in [-0.39, 0.29) is 17.2 Å². The summed E-state index contributed by atoms with van der Waals surface area (Å²) in [7, 11) is -3.69. The Kier molecular flexibility index (Phi) is 5.30. The van der Waals surface area contributed by atoms with Gasteiger partial charge >= 0.3 is 0 Å². The van der Waals surface area contributed by atoms with Crippen LogP contribution in [0.1, 0.15) is 17.3 Å². The minimum absolute atomic E-state index is 0.130. The Morgan fingerprint density at radius 2 is 1.82 bits per heavy atom. The normalized spacial score (nSPS) is 11.1. The first-order valence-electron chi connectivity index (χ1n) is 6.83. The molecule has 0 aliphatic carbocycles. The molecule has 0 atom stereocenters. The Morgan fingerprint density at radius 3 is 2.50 bits per heavy atom. The predicted octanol–water partition coefficient (Wildman–Crippen LogP) is 2.25. The van der Waals surface area contributed by atoms with E-state index in [9.17, 15) is 13.2 Å². The minimum Gasteiger partial charge on any atom is -0.494 e. The zero-order valence-corrected chi connectivity index (χ0v) is 13.0. The molecule has 2 rings (SSSR count). The van der Waals surface area contributed by atoms with Crippen LogP contribution in [0, 0.1) is 0 Å². The topological polar surface area (TPSA) is 72.5 Å². The summed E-state index contributed by atoms with van der Waals surface area (Å²) >= 11 is 0. The van der Waals surface area contributed by atoms with Gasteiger partial charge in [-0.15, -0.1) is 0 Å². The van der Waals surface area contributed by atoms with Crippen molar-refractivity contribution in [3.63, 3.8) is 0 Å². The molecule has 0 aromatic heterocycles. The molecule has 0 spiro atoms. The molecule has 6 heteroatoms. The first-order valence-corrected chi connectivity index (χ1v) is 8.32. The van der Waals surface area contributed by atoms with Gasteiger partial charge in [0.2, 0.25) is 10.0 Å². The third kappa shape index (κ3) is 4.16. The summed E-state index contributed by atoms with van der Waals surface area (Å²) in [6.07, 6.45) is 0. The Labute approximate surface area is 130 Å². The largest absolute Gasteiger partial charge is 0.494 e. The van der Waals surface area contributed by atoms with E-state index in [1.807, 2.05) is 6.92 Å². The molecule has 0 saturated heterocycles. The van der Waals surface area contributed by atoms with Crippen LogP contribution in [0.15, 0.2) is 59.5 Å². The standard InChI is InChI=1S/C16H17NO4S/c1-2-21-14-8-6-7-13(11-14)16(18)12-17-22(19,20)15-9-4-3-5-10-15/h3-11,17H,2,12H2,1H3. The Hall–Kier alpha value is -2.18. The lowest BCUT2D eigenvalue weighted by Crippen LogP contribution is -2.29. The minimum atomic E-state index is -3.69. The van der Waals surface area contributed by atoms with Crippen molar-refractivity contribution in [2.24, 2.45) is 0 Å². The maximum atomic E-state index is 12.1. The quantitative estimate of drug-likeness (QED) is 0.795. The molecule has 0 bridgehead atoms. The maximum absolute atomic E-state index is 12.1. The highest BCUT2D eigenvalue weighted by molar-refractivity contribution is 7.89. The van der Waals surface area contributed by atoms with Gasteiger partial charge in [0.25, 0.3) is 0 Å². The summed E-state index contributed by atoms with van der Waals surface area (Å²) < 4.78 is 31.7. The van der Waals surface area contributed by atoms with E-state index in [1.54, 1.807) is 42.5 Å². The van der Waals surface area contributed by atoms with Gasteiger partial charge in [0.15, 0.2) is 5.78 Å². The fraction of sp³-hybridized carbons (Fsp3) is 0.188. The summed E-state index contributed by atoms with van der Waals surface area (Å²) in [4.78, 5) is 12.2. The van der Waals surface area contributed by atoms with E-state index in [2.05, 4.69) is 4.72 Å². The van der Waals surface area contributed by atoms with E-state index >= 15 is 0 Å². The highest BCUT2D eigenvalue weighted by atomic mass is 32.2. The van der Waals surface area contributed by atoms with Crippen LogP contribution in [0.2, 0.25) is 0 Å². The molecule has 2 aromatic carbocycles. The van der Waals surface area contributed by atoms with Crippen molar-refractivity contribution in [2.75, 3.05) is 13.2 Å². The van der Waals surface area contributed by atoms with Gasteiger partial charge in [0, 0.05) is 5.56 Å². The molecular weight excluding hydrogens is 302 g/mol. The second-order valence-electron chi connectivity index (χ2n) is 4.52. The number of benzene rings is 2. The van der Waals surface area contributed by atoms with Crippen molar-refractivity contribution in [3.05, 3.63) is 60.2 Å². The first kappa shape index (κ1) is 16.2. The smallest absolute Gasteiger partial charge is 0.240 e. The van der Waals surface area contributed by atoms with E-state index in [0.29, 0.717) is 17.9 Å². The van der Waals surface area contributed by atoms with Crippen molar-refractivity contribution >= 4 is 15.8 Å². The number of carbonyl (C=O) groups excluding carboxylic acids is 1. The van der Waals surface area contributed by atoms with Crippen molar-refractivity contribution < 1.29 is 17.9 Å². The number of ether oxygens (including phenoxy) is 1. The summed E-state index contributed by atoms with van der Waals surface area (Å²) in [6.45, 7) is 2.05. The van der Waals surface area contributed by atoms with Gasteiger partial charge < -0.3 is 4.74 Å². The van der Waals surface area contributed by atoms with Gasteiger partial charge in [-0.1, -0.05) is 30.3 Å². The SMILES string of the molecule is CCOc1cccc(C(=O)CNS(=O)(=O)c2ccccc2)c1. The van der Waals surface area contributed by atoms with Gasteiger partial charge in [0.1, 0.15) is 5.75 Å². The molecule has 0 saturated carbocycles. The first-order chi connectivity index (χ1) is 10.5. The van der Waals surface area contributed by atoms with Crippen LogP contribution in [0.3, 0.4) is 0 Å². The van der Waals surface area contributed by atoms with Crippen molar-refractivity contribution in [3.8, 4) is 5.75 Å². The van der Waals surface area contributed by atoms with Gasteiger partial charge in [-0.25, -0.2) is 13.1 Å². The van der Waals surface area contributed by atoms with Crippen molar-refractivity contribution in [1.29, 1.82) is 0 Å². The third-order valence-electron chi connectivity index (χ3n) is 2.94. The lowest BCUT2D eigenvalue weighted by Gasteiger charge is -2.07. The number of carbonyl (C=O) groups is 1. The average Bonchev–Trinajstić information content (AvgIpc) is 2.54. The molecule has 5 nitrogen and oxygen atoms in total. The summed E-state index contributed by atoms with van der Waals surface area (Å²) in [5.74, 6) is 0.264. The summed E-state index contributed by atoms with van der Waals surface area (Å²) in [6, 6.07) is 14.6.